The molecule has 10 heteroatoms. The monoisotopic (exact) mass is 424 g/mol. The number of ether oxygens (including phenoxy) is 4. The molecule has 0 aromatic rings. The lowest BCUT2D eigenvalue weighted by atomic mass is 9.51. The average molecular weight is 424 g/mol. The first kappa shape index (κ1) is 19.0. The van der Waals surface area contributed by atoms with Gasteiger partial charge in [0.25, 0.3) is 0 Å². The summed E-state index contributed by atoms with van der Waals surface area (Å²) in [5.41, 5.74) is -5.96. The van der Waals surface area contributed by atoms with E-state index in [2.05, 4.69) is 0 Å². The number of carbonyl (C=O) groups excluding carboxylic acids is 3. The molecule has 0 amide bonds. The van der Waals surface area contributed by atoms with E-state index in [9.17, 15) is 29.7 Å². The molecule has 2 saturated carbocycles. The fourth-order valence-corrected chi connectivity index (χ4v) is 8.28. The molecular weight excluding hydrogens is 400 g/mol. The molecule has 30 heavy (non-hydrogen) atoms. The fraction of sp³-hybridized carbons (Fsp3) is 0.850. The van der Waals surface area contributed by atoms with Gasteiger partial charge in [0, 0.05) is 5.92 Å². The summed E-state index contributed by atoms with van der Waals surface area (Å²) in [5.74, 6) is -4.90. The van der Waals surface area contributed by atoms with E-state index in [0.717, 1.165) is 0 Å². The standard InChI is InChI=1S/C20H24O10/c1-5-6-8(27-13(5)24)10(22)19-12-7(21)9(17(2,3)4)18(19)11(23)14(25)29-16(18)30-20(6,19)15(26)28-12/h5-12,16,21-23H,1-4H3/t5-,6-,7+,8+,9?,10-,11-,12?,16?,18?,19+,20+/m0/s1. The van der Waals surface area contributed by atoms with Crippen LogP contribution in [0.25, 0.3) is 0 Å². The van der Waals surface area contributed by atoms with Crippen LogP contribution in [-0.4, -0.2) is 75.6 Å². The zero-order valence-electron chi connectivity index (χ0n) is 16.9. The second-order valence-electron chi connectivity index (χ2n) is 10.6. The Balaban J connectivity index is 1.71. The number of aliphatic hydroxyl groups excluding tert-OH is 3. The summed E-state index contributed by atoms with van der Waals surface area (Å²) in [5, 5.41) is 34.2. The number of rotatable bonds is 0. The number of aliphatic hydroxyl groups is 3. The summed E-state index contributed by atoms with van der Waals surface area (Å²) >= 11 is 0. The molecule has 4 saturated heterocycles. The first-order valence-electron chi connectivity index (χ1n) is 10.2. The van der Waals surface area contributed by atoms with Gasteiger partial charge in [-0.3, -0.25) is 4.79 Å². The molecule has 12 atom stereocenters. The molecule has 6 fully saturated rings. The van der Waals surface area contributed by atoms with E-state index in [4.69, 9.17) is 18.9 Å². The Morgan fingerprint density at radius 2 is 1.63 bits per heavy atom. The van der Waals surface area contributed by atoms with Crippen LogP contribution in [0.15, 0.2) is 0 Å². The van der Waals surface area contributed by atoms with Gasteiger partial charge in [0.1, 0.15) is 18.3 Å². The van der Waals surface area contributed by atoms with Crippen LogP contribution in [0.1, 0.15) is 27.7 Å². The Hall–Kier alpha value is -1.75. The number of carbonyl (C=O) groups is 3. The third-order valence-corrected chi connectivity index (χ3v) is 8.76. The minimum absolute atomic E-state index is 0.581. The van der Waals surface area contributed by atoms with Crippen LogP contribution in [0.2, 0.25) is 0 Å². The van der Waals surface area contributed by atoms with Crippen molar-refractivity contribution < 1.29 is 48.7 Å². The Bertz CT molecular complexity index is 910. The summed E-state index contributed by atoms with van der Waals surface area (Å²) in [6.07, 6.45) is -8.29. The Labute approximate surface area is 171 Å². The molecule has 164 valence electrons. The maximum Gasteiger partial charge on any atom is 0.340 e. The van der Waals surface area contributed by atoms with Crippen LogP contribution in [0.5, 0.6) is 0 Å². The molecule has 10 nitrogen and oxygen atoms in total. The minimum atomic E-state index is -1.89. The van der Waals surface area contributed by atoms with Crippen molar-refractivity contribution in [2.24, 2.45) is 34.0 Å². The van der Waals surface area contributed by atoms with Crippen molar-refractivity contribution in [3.8, 4) is 0 Å². The number of hydrogen-bond acceptors (Lipinski definition) is 10. The van der Waals surface area contributed by atoms with Gasteiger partial charge in [0.05, 0.1) is 28.8 Å². The summed E-state index contributed by atoms with van der Waals surface area (Å²) < 4.78 is 22.7. The Morgan fingerprint density at radius 1 is 0.967 bits per heavy atom. The molecule has 2 aliphatic carbocycles. The van der Waals surface area contributed by atoms with Crippen molar-refractivity contribution in [3.63, 3.8) is 0 Å². The summed E-state index contributed by atoms with van der Waals surface area (Å²) in [6.45, 7) is 7.05. The molecule has 4 heterocycles. The Morgan fingerprint density at radius 3 is 2.27 bits per heavy atom. The van der Waals surface area contributed by atoms with E-state index in [0.29, 0.717) is 0 Å². The van der Waals surface area contributed by atoms with Crippen LogP contribution in [0, 0.1) is 34.0 Å². The van der Waals surface area contributed by atoms with Crippen molar-refractivity contribution >= 4 is 17.9 Å². The highest BCUT2D eigenvalue weighted by Crippen LogP contribution is 2.83. The fourth-order valence-electron chi connectivity index (χ4n) is 8.28. The normalized spacial score (nSPS) is 60.1. The summed E-state index contributed by atoms with van der Waals surface area (Å²) in [4.78, 5) is 38.2. The van der Waals surface area contributed by atoms with Gasteiger partial charge in [-0.25, -0.2) is 9.59 Å². The van der Waals surface area contributed by atoms with Crippen LogP contribution in [-0.2, 0) is 33.3 Å². The summed E-state index contributed by atoms with van der Waals surface area (Å²) in [7, 11) is 0. The van der Waals surface area contributed by atoms with Crippen LogP contribution in [0.3, 0.4) is 0 Å². The van der Waals surface area contributed by atoms with E-state index in [-0.39, 0.29) is 0 Å². The third kappa shape index (κ3) is 1.40. The van der Waals surface area contributed by atoms with Gasteiger partial charge in [-0.2, -0.15) is 0 Å². The predicted molar refractivity (Wildman–Crippen MR) is 91.9 cm³/mol. The molecule has 4 aliphatic heterocycles. The average Bonchev–Trinajstić information content (AvgIpc) is 3.34. The lowest BCUT2D eigenvalue weighted by Gasteiger charge is -2.47. The molecule has 2 spiro atoms. The van der Waals surface area contributed by atoms with Crippen molar-refractivity contribution in [2.75, 3.05) is 0 Å². The van der Waals surface area contributed by atoms with Crippen LogP contribution >= 0.6 is 0 Å². The lowest BCUT2D eigenvalue weighted by Crippen LogP contribution is -2.63. The maximum absolute atomic E-state index is 13.3. The SMILES string of the molecule is C[C@@H]1C(=O)O[C@@H]2[C@H]1[C@@]13OC4OC(=O)[C@H](O)C45C(C(C)(C)C)[C@@H](O)C(OC1=O)[C@]53[C@H]2O. The first-order chi connectivity index (χ1) is 13.9. The molecule has 3 N–H and O–H groups in total. The first-order valence-corrected chi connectivity index (χ1v) is 10.2. The summed E-state index contributed by atoms with van der Waals surface area (Å²) in [6, 6.07) is 0. The lowest BCUT2D eigenvalue weighted by molar-refractivity contribution is -0.208. The van der Waals surface area contributed by atoms with Crippen molar-refractivity contribution in [2.45, 2.75) is 70.1 Å². The predicted octanol–water partition coefficient (Wildman–Crippen LogP) is -1.51. The molecule has 0 aromatic carbocycles. The molecule has 0 bridgehead atoms. The van der Waals surface area contributed by atoms with E-state index in [1.165, 1.54) is 0 Å². The smallest absolute Gasteiger partial charge is 0.340 e. The van der Waals surface area contributed by atoms with Gasteiger partial charge in [-0.15, -0.1) is 0 Å². The van der Waals surface area contributed by atoms with E-state index in [1.54, 1.807) is 6.92 Å². The van der Waals surface area contributed by atoms with E-state index >= 15 is 0 Å². The van der Waals surface area contributed by atoms with Gasteiger partial charge in [-0.1, -0.05) is 27.7 Å². The number of fused-ring (bicyclic) bond motifs is 1. The zero-order valence-corrected chi connectivity index (χ0v) is 16.9. The Kier molecular flexibility index (Phi) is 3.06. The van der Waals surface area contributed by atoms with Gasteiger partial charge in [0.15, 0.2) is 11.7 Å². The second kappa shape index (κ2) is 4.85. The van der Waals surface area contributed by atoms with E-state index < -0.39 is 94.3 Å². The van der Waals surface area contributed by atoms with Crippen molar-refractivity contribution in [3.05, 3.63) is 0 Å². The van der Waals surface area contributed by atoms with Crippen molar-refractivity contribution in [1.82, 2.24) is 0 Å². The molecule has 0 radical (unpaired) electrons. The number of hydrogen-bond donors (Lipinski definition) is 3. The van der Waals surface area contributed by atoms with E-state index in [1.807, 2.05) is 20.8 Å². The number of esters is 3. The highest BCUT2D eigenvalue weighted by atomic mass is 16.7. The van der Waals surface area contributed by atoms with Gasteiger partial charge < -0.3 is 34.3 Å². The molecule has 6 aliphatic rings. The van der Waals surface area contributed by atoms with Crippen molar-refractivity contribution in [1.29, 1.82) is 0 Å². The van der Waals surface area contributed by atoms with Gasteiger partial charge >= 0.3 is 17.9 Å². The maximum atomic E-state index is 13.3. The van der Waals surface area contributed by atoms with Crippen LogP contribution < -0.4 is 0 Å². The molecule has 6 rings (SSSR count). The third-order valence-electron chi connectivity index (χ3n) is 8.76. The molecule has 4 unspecified atom stereocenters. The largest absolute Gasteiger partial charge is 0.459 e. The highest BCUT2D eigenvalue weighted by Gasteiger charge is 3.01. The zero-order chi connectivity index (χ0) is 21.8. The minimum Gasteiger partial charge on any atom is -0.459 e. The topological polar surface area (TPSA) is 149 Å². The van der Waals surface area contributed by atoms with Gasteiger partial charge in [0.2, 0.25) is 6.29 Å². The van der Waals surface area contributed by atoms with Crippen LogP contribution in [0.4, 0.5) is 0 Å². The quantitative estimate of drug-likeness (QED) is 0.309. The second-order valence-corrected chi connectivity index (χ2v) is 10.6. The highest BCUT2D eigenvalue weighted by molar-refractivity contribution is 5.92. The van der Waals surface area contributed by atoms with Gasteiger partial charge in [-0.05, 0) is 5.41 Å². The molecule has 0 aromatic heterocycles. The molecular formula is C20H24O10.